The Balaban J connectivity index is 1.61. The first-order valence-electron chi connectivity index (χ1n) is 9.54. The van der Waals surface area contributed by atoms with E-state index in [2.05, 4.69) is 39.9 Å². The van der Waals surface area contributed by atoms with Crippen molar-refractivity contribution in [3.63, 3.8) is 0 Å². The Morgan fingerprint density at radius 3 is 2.55 bits per heavy atom. The molecule has 0 aliphatic rings. The second kappa shape index (κ2) is 10.1. The Morgan fingerprint density at radius 2 is 1.90 bits per heavy atom. The molecule has 0 radical (unpaired) electrons. The van der Waals surface area contributed by atoms with Gasteiger partial charge in [-0.05, 0) is 53.6 Å². The molecule has 0 aliphatic heterocycles. The van der Waals surface area contributed by atoms with E-state index in [1.54, 1.807) is 11.8 Å². The van der Waals surface area contributed by atoms with Crippen LogP contribution in [0.3, 0.4) is 0 Å². The monoisotopic (exact) mass is 411 g/mol. The lowest BCUT2D eigenvalue weighted by Gasteiger charge is -2.18. The van der Waals surface area contributed by atoms with Crippen molar-refractivity contribution < 1.29 is 9.53 Å². The van der Waals surface area contributed by atoms with Gasteiger partial charge in [0.25, 0.3) is 0 Å². The highest BCUT2D eigenvalue weighted by atomic mass is 32.2. The number of thioether (sulfide) groups is 1. The number of rotatable bonds is 9. The topological polar surface area (TPSA) is 81.9 Å². The summed E-state index contributed by atoms with van der Waals surface area (Å²) in [6.07, 6.45) is 0.960. The number of ether oxygens (including phenoxy) is 1. The molecule has 0 fully saturated rings. The second-order valence-electron chi connectivity index (χ2n) is 6.59. The van der Waals surface area contributed by atoms with Gasteiger partial charge in [0.1, 0.15) is 5.75 Å². The molecule has 1 amide bonds. The molecule has 7 nitrogen and oxygen atoms in total. The minimum Gasteiger partial charge on any atom is -0.497 e. The summed E-state index contributed by atoms with van der Waals surface area (Å²) in [6.45, 7) is 4.59. The lowest BCUT2D eigenvalue weighted by Crippen LogP contribution is -2.34. The van der Waals surface area contributed by atoms with Crippen molar-refractivity contribution in [1.29, 1.82) is 0 Å². The van der Waals surface area contributed by atoms with Crippen LogP contribution in [-0.4, -0.2) is 45.0 Å². The van der Waals surface area contributed by atoms with Gasteiger partial charge in [-0.15, -0.1) is 5.10 Å². The molecular weight excluding hydrogens is 386 g/mol. The molecule has 0 unspecified atom stereocenters. The van der Waals surface area contributed by atoms with Gasteiger partial charge in [0, 0.05) is 12.5 Å². The van der Waals surface area contributed by atoms with Crippen LogP contribution in [0.25, 0.3) is 5.69 Å². The Kier molecular flexibility index (Phi) is 7.24. The summed E-state index contributed by atoms with van der Waals surface area (Å²) in [5.41, 5.74) is 2.04. The molecule has 0 saturated heterocycles. The summed E-state index contributed by atoms with van der Waals surface area (Å²) >= 11 is 1.33. The average molecular weight is 412 g/mol. The van der Waals surface area contributed by atoms with Crippen LogP contribution < -0.4 is 10.1 Å². The molecule has 0 aliphatic carbocycles. The fourth-order valence-electron chi connectivity index (χ4n) is 2.94. The molecule has 1 aromatic heterocycles. The quantitative estimate of drug-likeness (QED) is 0.543. The highest BCUT2D eigenvalue weighted by Crippen LogP contribution is 2.24. The highest BCUT2D eigenvalue weighted by Gasteiger charge is 2.20. The van der Waals surface area contributed by atoms with E-state index < -0.39 is 0 Å². The van der Waals surface area contributed by atoms with E-state index in [0.29, 0.717) is 17.6 Å². The minimum absolute atomic E-state index is 0.0336. The van der Waals surface area contributed by atoms with E-state index in [1.165, 1.54) is 17.3 Å². The Morgan fingerprint density at radius 1 is 1.17 bits per heavy atom. The zero-order valence-corrected chi connectivity index (χ0v) is 17.6. The van der Waals surface area contributed by atoms with E-state index in [0.717, 1.165) is 17.9 Å². The van der Waals surface area contributed by atoms with Crippen LogP contribution in [0.15, 0.2) is 59.8 Å². The van der Waals surface area contributed by atoms with Crippen LogP contribution in [0.1, 0.15) is 31.7 Å². The van der Waals surface area contributed by atoms with Gasteiger partial charge in [-0.2, -0.15) is 4.68 Å². The third kappa shape index (κ3) is 5.35. The third-order valence-corrected chi connectivity index (χ3v) is 5.73. The molecule has 3 rings (SSSR count). The van der Waals surface area contributed by atoms with Crippen molar-refractivity contribution in [3.8, 4) is 11.4 Å². The molecule has 29 heavy (non-hydrogen) atoms. The van der Waals surface area contributed by atoms with Crippen LogP contribution in [0, 0.1) is 0 Å². The number of nitrogens with zero attached hydrogens (tertiary/aromatic N) is 4. The molecule has 1 heterocycles. The van der Waals surface area contributed by atoms with Gasteiger partial charge < -0.3 is 10.1 Å². The van der Waals surface area contributed by atoms with Gasteiger partial charge in [-0.25, -0.2) is 0 Å². The number of tetrazole rings is 1. The van der Waals surface area contributed by atoms with Gasteiger partial charge in [-0.3, -0.25) is 4.79 Å². The summed E-state index contributed by atoms with van der Waals surface area (Å²) < 4.78 is 6.80. The molecule has 2 atom stereocenters. The predicted molar refractivity (Wildman–Crippen MR) is 114 cm³/mol. The Hall–Kier alpha value is -2.87. The van der Waals surface area contributed by atoms with E-state index in [9.17, 15) is 4.79 Å². The minimum atomic E-state index is -0.328. The molecule has 2 aromatic carbocycles. The number of amides is 1. The second-order valence-corrected chi connectivity index (χ2v) is 7.90. The van der Waals surface area contributed by atoms with Crippen molar-refractivity contribution in [2.24, 2.45) is 0 Å². The molecule has 1 N–H and O–H groups in total. The molecular formula is C21H25N5O2S. The Labute approximate surface area is 174 Å². The average Bonchev–Trinajstić information content (AvgIpc) is 3.22. The van der Waals surface area contributed by atoms with E-state index in [1.807, 2.05) is 49.4 Å². The smallest absolute Gasteiger partial charge is 0.233 e. The fourth-order valence-corrected chi connectivity index (χ4v) is 3.77. The SMILES string of the molecule is CC[C@@H](CNC(=O)[C@@H](C)Sc1nnnn1-c1ccc(OC)cc1)c1ccccc1. The zero-order chi connectivity index (χ0) is 20.6. The molecule has 0 saturated carbocycles. The van der Waals surface area contributed by atoms with Crippen molar-refractivity contribution in [2.75, 3.05) is 13.7 Å². The summed E-state index contributed by atoms with van der Waals surface area (Å²) in [6, 6.07) is 17.7. The standard InChI is InChI=1S/C21H25N5O2S/c1-4-16(17-8-6-5-7-9-17)14-22-20(27)15(2)29-21-23-24-25-26(21)18-10-12-19(28-3)13-11-18/h5-13,15-16H,4,14H2,1-3H3,(H,22,27)/t15-,16+/m1/s1. The largest absolute Gasteiger partial charge is 0.497 e. The highest BCUT2D eigenvalue weighted by molar-refractivity contribution is 8.00. The summed E-state index contributed by atoms with van der Waals surface area (Å²) in [5, 5.41) is 15.2. The van der Waals surface area contributed by atoms with Gasteiger partial charge in [0.2, 0.25) is 11.1 Å². The first-order valence-corrected chi connectivity index (χ1v) is 10.4. The number of hydrogen-bond acceptors (Lipinski definition) is 6. The van der Waals surface area contributed by atoms with Crippen LogP contribution in [0.2, 0.25) is 0 Å². The molecule has 0 bridgehead atoms. The predicted octanol–water partition coefficient (Wildman–Crippen LogP) is 3.46. The number of aromatic nitrogens is 4. The molecule has 152 valence electrons. The van der Waals surface area contributed by atoms with E-state index in [-0.39, 0.29) is 11.2 Å². The van der Waals surface area contributed by atoms with Crippen LogP contribution in [0.4, 0.5) is 0 Å². The van der Waals surface area contributed by atoms with Gasteiger partial charge >= 0.3 is 0 Å². The van der Waals surface area contributed by atoms with E-state index in [4.69, 9.17) is 4.74 Å². The van der Waals surface area contributed by atoms with Crippen LogP contribution >= 0.6 is 11.8 Å². The number of hydrogen-bond donors (Lipinski definition) is 1. The summed E-state index contributed by atoms with van der Waals surface area (Å²) in [5.74, 6) is 1.02. The van der Waals surface area contributed by atoms with Crippen LogP contribution in [-0.2, 0) is 4.79 Å². The summed E-state index contributed by atoms with van der Waals surface area (Å²) in [7, 11) is 1.62. The van der Waals surface area contributed by atoms with Crippen molar-refractivity contribution >= 4 is 17.7 Å². The fraction of sp³-hybridized carbons (Fsp3) is 0.333. The first kappa shape index (κ1) is 20.9. The normalized spacial score (nSPS) is 12.9. The molecule has 0 spiro atoms. The number of carbonyl (C=O) groups is 1. The molecule has 8 heteroatoms. The lowest BCUT2D eigenvalue weighted by atomic mass is 9.96. The van der Waals surface area contributed by atoms with Crippen molar-refractivity contribution in [1.82, 2.24) is 25.5 Å². The van der Waals surface area contributed by atoms with Crippen molar-refractivity contribution in [2.45, 2.75) is 36.6 Å². The maximum atomic E-state index is 12.6. The number of carbonyl (C=O) groups excluding carboxylic acids is 1. The van der Waals surface area contributed by atoms with Gasteiger partial charge in [-0.1, -0.05) is 49.0 Å². The zero-order valence-electron chi connectivity index (χ0n) is 16.8. The third-order valence-electron chi connectivity index (χ3n) is 4.70. The Bertz CT molecular complexity index is 914. The van der Waals surface area contributed by atoms with Crippen molar-refractivity contribution in [3.05, 3.63) is 60.2 Å². The lowest BCUT2D eigenvalue weighted by molar-refractivity contribution is -0.120. The number of benzene rings is 2. The maximum Gasteiger partial charge on any atom is 0.233 e. The molecule has 3 aromatic rings. The van der Waals surface area contributed by atoms with Crippen LogP contribution in [0.5, 0.6) is 5.75 Å². The number of nitrogens with one attached hydrogen (secondary N) is 1. The van der Waals surface area contributed by atoms with Gasteiger partial charge in [0.15, 0.2) is 0 Å². The van der Waals surface area contributed by atoms with Gasteiger partial charge in [0.05, 0.1) is 18.0 Å². The van der Waals surface area contributed by atoms with E-state index >= 15 is 0 Å². The first-order chi connectivity index (χ1) is 14.1. The summed E-state index contributed by atoms with van der Waals surface area (Å²) in [4.78, 5) is 12.6. The number of methoxy groups -OCH3 is 1. The maximum absolute atomic E-state index is 12.6.